The first-order chi connectivity index (χ1) is 15.6. The molecule has 0 spiro atoms. The van der Waals surface area contributed by atoms with Crippen molar-refractivity contribution in [1.29, 1.82) is 0 Å². The summed E-state index contributed by atoms with van der Waals surface area (Å²) in [7, 11) is 3.22. The Kier molecular flexibility index (Phi) is 6.54. The van der Waals surface area contributed by atoms with Crippen LogP contribution in [-0.4, -0.2) is 47.9 Å². The van der Waals surface area contributed by atoms with Gasteiger partial charge in [-0.25, -0.2) is 4.68 Å². The van der Waals surface area contributed by atoms with Gasteiger partial charge in [-0.3, -0.25) is 9.59 Å². The van der Waals surface area contributed by atoms with Crippen LogP contribution in [0.25, 0.3) is 11.3 Å². The van der Waals surface area contributed by atoms with Gasteiger partial charge < -0.3 is 14.4 Å². The van der Waals surface area contributed by atoms with Crippen LogP contribution >= 0.6 is 0 Å². The Labute approximate surface area is 187 Å². The number of piperidine rings is 1. The van der Waals surface area contributed by atoms with Gasteiger partial charge in [-0.05, 0) is 67.3 Å². The molecule has 1 saturated heterocycles. The Morgan fingerprint density at radius 3 is 2.38 bits per heavy atom. The first kappa shape index (κ1) is 21.6. The van der Waals surface area contributed by atoms with E-state index >= 15 is 0 Å². The van der Waals surface area contributed by atoms with Crippen molar-refractivity contribution in [2.24, 2.45) is 5.92 Å². The van der Waals surface area contributed by atoms with E-state index in [1.54, 1.807) is 37.1 Å². The summed E-state index contributed by atoms with van der Waals surface area (Å²) < 4.78 is 12.0. The summed E-state index contributed by atoms with van der Waals surface area (Å²) in [5.74, 6) is 1.75. The summed E-state index contributed by atoms with van der Waals surface area (Å²) in [6.07, 6.45) is 1.66. The molecule has 1 aliphatic rings. The second-order valence-electron chi connectivity index (χ2n) is 7.93. The smallest absolute Gasteiger partial charge is 0.266 e. The molecule has 7 nitrogen and oxygen atoms in total. The van der Waals surface area contributed by atoms with Crippen molar-refractivity contribution in [3.8, 4) is 22.8 Å². The maximum atomic E-state index is 12.8. The normalized spacial score (nSPS) is 14.2. The van der Waals surface area contributed by atoms with E-state index in [1.807, 2.05) is 47.4 Å². The van der Waals surface area contributed by atoms with E-state index in [9.17, 15) is 9.59 Å². The van der Waals surface area contributed by atoms with Crippen LogP contribution in [0.5, 0.6) is 11.5 Å². The Hall–Kier alpha value is -3.61. The van der Waals surface area contributed by atoms with Crippen LogP contribution in [0.1, 0.15) is 23.2 Å². The zero-order chi connectivity index (χ0) is 22.5. The van der Waals surface area contributed by atoms with Gasteiger partial charge in [0.1, 0.15) is 11.5 Å². The fourth-order valence-electron chi connectivity index (χ4n) is 4.00. The molecule has 1 aromatic heterocycles. The van der Waals surface area contributed by atoms with Gasteiger partial charge in [0, 0.05) is 36.8 Å². The molecular weight excluding hydrogens is 406 g/mol. The van der Waals surface area contributed by atoms with E-state index in [2.05, 4.69) is 5.10 Å². The van der Waals surface area contributed by atoms with Crippen molar-refractivity contribution in [2.45, 2.75) is 19.4 Å². The number of hydrogen-bond acceptors (Lipinski definition) is 5. The minimum atomic E-state index is -0.114. The molecule has 4 rings (SSSR count). The molecule has 0 bridgehead atoms. The Morgan fingerprint density at radius 1 is 0.969 bits per heavy atom. The quantitative estimate of drug-likeness (QED) is 0.595. The molecule has 0 unspecified atom stereocenters. The summed E-state index contributed by atoms with van der Waals surface area (Å²) in [4.78, 5) is 27.1. The lowest BCUT2D eigenvalue weighted by molar-refractivity contribution is 0.0680. The molecule has 0 saturated carbocycles. The zero-order valence-electron chi connectivity index (χ0n) is 18.4. The molecule has 166 valence electrons. The van der Waals surface area contributed by atoms with Crippen LogP contribution in [-0.2, 0) is 6.54 Å². The van der Waals surface area contributed by atoms with Crippen molar-refractivity contribution in [3.05, 3.63) is 76.6 Å². The standard InChI is InChI=1S/C25H27N3O4/c1-31-21-8-6-19(7-9-21)23-10-11-24(29)28(26-23)17-18-12-14-27(15-13-18)25(30)20-4-3-5-22(16-20)32-2/h3-11,16,18H,12-15,17H2,1-2H3. The topological polar surface area (TPSA) is 73.7 Å². The van der Waals surface area contributed by atoms with E-state index < -0.39 is 0 Å². The van der Waals surface area contributed by atoms with Crippen LogP contribution in [0.4, 0.5) is 0 Å². The highest BCUT2D eigenvalue weighted by Crippen LogP contribution is 2.23. The third kappa shape index (κ3) is 4.82. The van der Waals surface area contributed by atoms with Gasteiger partial charge in [-0.1, -0.05) is 6.07 Å². The molecule has 1 aliphatic heterocycles. The molecule has 2 heterocycles. The van der Waals surface area contributed by atoms with Crippen LogP contribution in [0.2, 0.25) is 0 Å². The summed E-state index contributed by atoms with van der Waals surface area (Å²) in [6.45, 7) is 1.87. The maximum Gasteiger partial charge on any atom is 0.266 e. The summed E-state index contributed by atoms with van der Waals surface area (Å²) in [5, 5.41) is 4.58. The average molecular weight is 434 g/mol. The lowest BCUT2D eigenvalue weighted by Gasteiger charge is -2.32. The number of carbonyl (C=O) groups is 1. The lowest BCUT2D eigenvalue weighted by Crippen LogP contribution is -2.40. The molecule has 1 amide bonds. The second kappa shape index (κ2) is 9.68. The molecular formula is C25H27N3O4. The molecule has 3 aromatic rings. The average Bonchev–Trinajstić information content (AvgIpc) is 2.85. The predicted molar refractivity (Wildman–Crippen MR) is 122 cm³/mol. The minimum absolute atomic E-state index is 0.0131. The van der Waals surface area contributed by atoms with Gasteiger partial charge in [0.2, 0.25) is 0 Å². The fraction of sp³-hybridized carbons (Fsp3) is 0.320. The number of methoxy groups -OCH3 is 2. The van der Waals surface area contributed by atoms with Gasteiger partial charge in [-0.15, -0.1) is 0 Å². The van der Waals surface area contributed by atoms with Crippen LogP contribution in [0.3, 0.4) is 0 Å². The van der Waals surface area contributed by atoms with Gasteiger partial charge in [-0.2, -0.15) is 5.10 Å². The molecule has 0 N–H and O–H groups in total. The van der Waals surface area contributed by atoms with E-state index in [0.717, 1.165) is 29.8 Å². The number of likely N-dealkylation sites (tertiary alicyclic amines) is 1. The Balaban J connectivity index is 1.40. The van der Waals surface area contributed by atoms with E-state index in [-0.39, 0.29) is 11.5 Å². The molecule has 2 aromatic carbocycles. The van der Waals surface area contributed by atoms with Crippen molar-refractivity contribution in [3.63, 3.8) is 0 Å². The maximum absolute atomic E-state index is 12.8. The molecule has 0 radical (unpaired) electrons. The largest absolute Gasteiger partial charge is 0.497 e. The van der Waals surface area contributed by atoms with E-state index in [4.69, 9.17) is 9.47 Å². The molecule has 32 heavy (non-hydrogen) atoms. The second-order valence-corrected chi connectivity index (χ2v) is 7.93. The number of ether oxygens (including phenoxy) is 2. The number of carbonyl (C=O) groups excluding carboxylic acids is 1. The summed E-state index contributed by atoms with van der Waals surface area (Å²) >= 11 is 0. The van der Waals surface area contributed by atoms with Gasteiger partial charge in [0.25, 0.3) is 11.5 Å². The van der Waals surface area contributed by atoms with Crippen LogP contribution < -0.4 is 15.0 Å². The zero-order valence-corrected chi connectivity index (χ0v) is 18.4. The first-order valence-corrected chi connectivity index (χ1v) is 10.7. The predicted octanol–water partition coefficient (Wildman–Crippen LogP) is 3.48. The summed E-state index contributed by atoms with van der Waals surface area (Å²) in [6, 6.07) is 18.2. The van der Waals surface area contributed by atoms with Gasteiger partial charge in [0.15, 0.2) is 0 Å². The SMILES string of the molecule is COc1ccc(-c2ccc(=O)n(CC3CCN(C(=O)c4cccc(OC)c4)CC3)n2)cc1. The van der Waals surface area contributed by atoms with E-state index in [1.165, 1.54) is 0 Å². The first-order valence-electron chi connectivity index (χ1n) is 10.7. The molecule has 0 atom stereocenters. The number of benzene rings is 2. The highest BCUT2D eigenvalue weighted by Gasteiger charge is 2.24. The van der Waals surface area contributed by atoms with E-state index in [0.29, 0.717) is 36.9 Å². The van der Waals surface area contributed by atoms with Crippen molar-refractivity contribution >= 4 is 5.91 Å². The third-order valence-corrected chi connectivity index (χ3v) is 5.90. The third-order valence-electron chi connectivity index (χ3n) is 5.90. The molecule has 1 fully saturated rings. The number of nitrogens with zero attached hydrogens (tertiary/aromatic N) is 3. The Bertz CT molecular complexity index is 1130. The monoisotopic (exact) mass is 433 g/mol. The number of amides is 1. The molecule has 0 aliphatic carbocycles. The minimum Gasteiger partial charge on any atom is -0.497 e. The Morgan fingerprint density at radius 2 is 1.69 bits per heavy atom. The number of hydrogen-bond donors (Lipinski definition) is 0. The lowest BCUT2D eigenvalue weighted by atomic mass is 9.96. The number of aromatic nitrogens is 2. The van der Waals surface area contributed by atoms with Crippen LogP contribution in [0, 0.1) is 5.92 Å². The number of rotatable bonds is 6. The van der Waals surface area contributed by atoms with Gasteiger partial charge >= 0.3 is 0 Å². The van der Waals surface area contributed by atoms with Crippen molar-refractivity contribution in [2.75, 3.05) is 27.3 Å². The summed E-state index contributed by atoms with van der Waals surface area (Å²) in [5.41, 5.74) is 2.20. The fourth-order valence-corrected chi connectivity index (χ4v) is 4.00. The highest BCUT2D eigenvalue weighted by molar-refractivity contribution is 5.94. The highest BCUT2D eigenvalue weighted by atomic mass is 16.5. The van der Waals surface area contributed by atoms with Gasteiger partial charge in [0.05, 0.1) is 19.9 Å². The van der Waals surface area contributed by atoms with Crippen molar-refractivity contribution in [1.82, 2.24) is 14.7 Å². The molecule has 7 heteroatoms. The van der Waals surface area contributed by atoms with Crippen molar-refractivity contribution < 1.29 is 14.3 Å². The van der Waals surface area contributed by atoms with Crippen LogP contribution in [0.15, 0.2) is 65.5 Å².